The van der Waals surface area contributed by atoms with Crippen LogP contribution in [0.3, 0.4) is 0 Å². The van der Waals surface area contributed by atoms with Gasteiger partial charge < -0.3 is 10.1 Å². The van der Waals surface area contributed by atoms with Gasteiger partial charge in [-0.25, -0.2) is 13.2 Å². The van der Waals surface area contributed by atoms with Gasteiger partial charge in [-0.05, 0) is 23.8 Å². The van der Waals surface area contributed by atoms with Crippen LogP contribution in [0.4, 0.5) is 18.9 Å². The van der Waals surface area contributed by atoms with Gasteiger partial charge in [0.05, 0.1) is 17.3 Å². The van der Waals surface area contributed by atoms with E-state index >= 15 is 0 Å². The Morgan fingerprint density at radius 3 is 2.65 bits per heavy atom. The Morgan fingerprint density at radius 2 is 1.90 bits per heavy atom. The van der Waals surface area contributed by atoms with E-state index in [1.165, 1.54) is 12.1 Å². The maximum atomic E-state index is 13.2. The highest BCUT2D eigenvalue weighted by Gasteiger charge is 2.24. The molecule has 0 aliphatic carbocycles. The van der Waals surface area contributed by atoms with Gasteiger partial charge in [-0.15, -0.1) is 0 Å². The quantitative estimate of drug-likeness (QED) is 0.847. The topological polar surface area (TPSA) is 21.3 Å². The summed E-state index contributed by atoms with van der Waals surface area (Å²) >= 11 is 5.92. The molecule has 1 heterocycles. The van der Waals surface area contributed by atoms with E-state index in [1.54, 1.807) is 0 Å². The number of halogens is 4. The van der Waals surface area contributed by atoms with Crippen molar-refractivity contribution in [3.8, 4) is 5.75 Å². The first-order valence-electron chi connectivity index (χ1n) is 5.89. The first-order valence-corrected chi connectivity index (χ1v) is 6.27. The lowest BCUT2D eigenvalue weighted by molar-refractivity contribution is 0.209. The lowest BCUT2D eigenvalue weighted by atomic mass is 10.1. The minimum atomic E-state index is -0.942. The van der Waals surface area contributed by atoms with Crippen molar-refractivity contribution in [2.45, 2.75) is 6.10 Å². The predicted molar refractivity (Wildman–Crippen MR) is 69.6 cm³/mol. The zero-order valence-electron chi connectivity index (χ0n) is 10.1. The van der Waals surface area contributed by atoms with E-state index in [0.717, 1.165) is 18.2 Å². The summed E-state index contributed by atoms with van der Waals surface area (Å²) in [4.78, 5) is 0. The Bertz CT molecular complexity index is 678. The van der Waals surface area contributed by atoms with Crippen LogP contribution in [0.25, 0.3) is 0 Å². The number of nitrogens with one attached hydrogen (secondary N) is 1. The second kappa shape index (κ2) is 4.90. The highest BCUT2D eigenvalue weighted by molar-refractivity contribution is 6.32. The van der Waals surface area contributed by atoms with E-state index in [4.69, 9.17) is 16.3 Å². The van der Waals surface area contributed by atoms with E-state index in [2.05, 4.69) is 5.32 Å². The van der Waals surface area contributed by atoms with Crippen LogP contribution in [0.15, 0.2) is 30.3 Å². The number of hydrogen-bond acceptors (Lipinski definition) is 2. The predicted octanol–water partition coefficient (Wildman–Crippen LogP) is 4.30. The molecule has 1 unspecified atom stereocenters. The first kappa shape index (κ1) is 13.1. The lowest BCUT2D eigenvalue weighted by Crippen LogP contribution is -2.24. The fourth-order valence-electron chi connectivity index (χ4n) is 2.10. The maximum Gasteiger partial charge on any atom is 0.162 e. The number of hydrogen-bond donors (Lipinski definition) is 1. The van der Waals surface area contributed by atoms with Crippen molar-refractivity contribution in [2.24, 2.45) is 0 Å². The molecule has 2 nitrogen and oxygen atoms in total. The first-order chi connectivity index (χ1) is 9.54. The van der Waals surface area contributed by atoms with Gasteiger partial charge in [-0.1, -0.05) is 17.7 Å². The number of anilines is 1. The smallest absolute Gasteiger partial charge is 0.162 e. The van der Waals surface area contributed by atoms with Crippen molar-refractivity contribution in [3.63, 3.8) is 0 Å². The van der Waals surface area contributed by atoms with Gasteiger partial charge in [0.25, 0.3) is 0 Å². The molecule has 2 aromatic carbocycles. The van der Waals surface area contributed by atoms with Crippen LogP contribution < -0.4 is 10.1 Å². The van der Waals surface area contributed by atoms with Crippen molar-refractivity contribution >= 4 is 17.3 Å². The summed E-state index contributed by atoms with van der Waals surface area (Å²) in [6.07, 6.45) is -0.527. The van der Waals surface area contributed by atoms with Gasteiger partial charge in [0.2, 0.25) is 0 Å². The molecular weight excluding hydrogens is 291 g/mol. The number of ether oxygens (including phenoxy) is 1. The molecule has 0 bridgehead atoms. The molecule has 2 aromatic rings. The Morgan fingerprint density at radius 1 is 1.10 bits per heavy atom. The van der Waals surface area contributed by atoms with Crippen molar-refractivity contribution in [1.82, 2.24) is 0 Å². The minimum absolute atomic E-state index is 0.125. The van der Waals surface area contributed by atoms with Gasteiger partial charge in [-0.3, -0.25) is 0 Å². The third kappa shape index (κ3) is 2.29. The average molecular weight is 300 g/mol. The van der Waals surface area contributed by atoms with Gasteiger partial charge in [0.15, 0.2) is 17.4 Å². The van der Waals surface area contributed by atoms with Gasteiger partial charge in [0.1, 0.15) is 11.9 Å². The molecule has 0 saturated heterocycles. The van der Waals surface area contributed by atoms with E-state index in [-0.39, 0.29) is 5.02 Å². The average Bonchev–Trinajstić information content (AvgIpc) is 2.41. The molecule has 0 saturated carbocycles. The Kier molecular flexibility index (Phi) is 3.22. The third-order valence-electron chi connectivity index (χ3n) is 3.06. The monoisotopic (exact) mass is 299 g/mol. The van der Waals surface area contributed by atoms with Crippen LogP contribution >= 0.6 is 11.6 Å². The Balaban J connectivity index is 1.93. The Hall–Kier alpha value is -1.88. The zero-order chi connectivity index (χ0) is 14.3. The standard InChI is InChI=1S/C14H9ClF3NO/c15-9-4-8(16)5-12-14(9)20-13(6-19-12)7-1-2-10(17)11(18)3-7/h1-5,13,19H,6H2. The van der Waals surface area contributed by atoms with E-state index in [9.17, 15) is 13.2 Å². The fourth-order valence-corrected chi connectivity index (χ4v) is 2.35. The zero-order valence-corrected chi connectivity index (χ0v) is 10.8. The molecular formula is C14H9ClF3NO. The lowest BCUT2D eigenvalue weighted by Gasteiger charge is -2.28. The van der Waals surface area contributed by atoms with Crippen LogP contribution in [0.5, 0.6) is 5.75 Å². The summed E-state index contributed by atoms with van der Waals surface area (Å²) in [5.74, 6) is -2.04. The molecule has 0 amide bonds. The largest absolute Gasteiger partial charge is 0.480 e. The third-order valence-corrected chi connectivity index (χ3v) is 3.34. The number of benzene rings is 2. The van der Waals surface area contributed by atoms with Gasteiger partial charge >= 0.3 is 0 Å². The van der Waals surface area contributed by atoms with Crippen molar-refractivity contribution < 1.29 is 17.9 Å². The molecule has 0 fully saturated rings. The molecule has 6 heteroatoms. The van der Waals surface area contributed by atoms with Gasteiger partial charge in [0, 0.05) is 6.07 Å². The molecule has 1 aliphatic heterocycles. The number of rotatable bonds is 1. The summed E-state index contributed by atoms with van der Waals surface area (Å²) in [7, 11) is 0. The SMILES string of the molecule is Fc1cc(Cl)c2c(c1)NCC(c1ccc(F)c(F)c1)O2. The van der Waals surface area contributed by atoms with E-state index < -0.39 is 23.6 Å². The van der Waals surface area contributed by atoms with Crippen molar-refractivity contribution in [3.05, 3.63) is 58.4 Å². The second-order valence-corrected chi connectivity index (χ2v) is 4.83. The molecule has 0 radical (unpaired) electrons. The molecule has 1 aliphatic rings. The van der Waals surface area contributed by atoms with Crippen molar-refractivity contribution in [2.75, 3.05) is 11.9 Å². The highest BCUT2D eigenvalue weighted by atomic mass is 35.5. The van der Waals surface area contributed by atoms with Crippen LogP contribution in [-0.2, 0) is 0 Å². The molecule has 0 spiro atoms. The minimum Gasteiger partial charge on any atom is -0.480 e. The maximum absolute atomic E-state index is 13.2. The Labute approximate surface area is 118 Å². The normalized spacial score (nSPS) is 17.1. The molecule has 104 valence electrons. The second-order valence-electron chi connectivity index (χ2n) is 4.43. The summed E-state index contributed by atoms with van der Waals surface area (Å²) in [6.45, 7) is 0.303. The van der Waals surface area contributed by atoms with Gasteiger partial charge in [-0.2, -0.15) is 0 Å². The number of fused-ring (bicyclic) bond motifs is 1. The summed E-state index contributed by atoms with van der Waals surface area (Å²) in [6, 6.07) is 5.95. The van der Waals surface area contributed by atoms with Crippen LogP contribution in [-0.4, -0.2) is 6.54 Å². The summed E-state index contributed by atoms with van der Waals surface area (Å²) < 4.78 is 45.0. The van der Waals surface area contributed by atoms with Crippen LogP contribution in [0, 0.1) is 17.5 Å². The highest BCUT2D eigenvalue weighted by Crippen LogP contribution is 2.40. The molecule has 0 aromatic heterocycles. The van der Waals surface area contributed by atoms with Crippen LogP contribution in [0.1, 0.15) is 11.7 Å². The molecule has 1 atom stereocenters. The molecule has 3 rings (SSSR count). The molecule has 1 N–H and O–H groups in total. The van der Waals surface area contributed by atoms with E-state index in [0.29, 0.717) is 23.5 Å². The fraction of sp³-hybridized carbons (Fsp3) is 0.143. The summed E-state index contributed by atoms with van der Waals surface area (Å²) in [5.41, 5.74) is 0.913. The van der Waals surface area contributed by atoms with Crippen molar-refractivity contribution in [1.29, 1.82) is 0 Å². The van der Waals surface area contributed by atoms with E-state index in [1.807, 2.05) is 0 Å². The molecule has 20 heavy (non-hydrogen) atoms. The van der Waals surface area contributed by atoms with Crippen LogP contribution in [0.2, 0.25) is 5.02 Å². The summed E-state index contributed by atoms with van der Waals surface area (Å²) in [5, 5.41) is 3.09.